The highest BCUT2D eigenvalue weighted by Crippen LogP contribution is 2.35. The summed E-state index contributed by atoms with van der Waals surface area (Å²) in [4.78, 5) is 26.9. The van der Waals surface area contributed by atoms with Gasteiger partial charge in [-0.15, -0.1) is 0 Å². The van der Waals surface area contributed by atoms with Crippen molar-refractivity contribution in [1.29, 1.82) is 0 Å². The van der Waals surface area contributed by atoms with Crippen molar-refractivity contribution in [3.05, 3.63) is 93.9 Å². The molecule has 0 N–H and O–H groups in total. The standard InChI is InChI=1S/C21H19N3O2/c1-23(19-13-11-15-7-5-6-10-17(15)19)21(26)18-12-14-20(25)24(22-18)16-8-3-2-4-9-16/h2-10,12,14,19H,11,13H2,1H3. The maximum absolute atomic E-state index is 13.0. The molecule has 1 aliphatic rings. The van der Waals surface area contributed by atoms with E-state index in [2.05, 4.69) is 17.2 Å². The number of para-hydroxylation sites is 1. The van der Waals surface area contributed by atoms with Gasteiger partial charge < -0.3 is 4.90 Å². The quantitative estimate of drug-likeness (QED) is 0.733. The number of hydrogen-bond acceptors (Lipinski definition) is 3. The molecule has 1 amide bonds. The number of amides is 1. The molecular weight excluding hydrogens is 326 g/mol. The van der Waals surface area contributed by atoms with Crippen molar-refractivity contribution in [1.82, 2.24) is 14.7 Å². The Labute approximate surface area is 151 Å². The Morgan fingerprint density at radius 3 is 2.58 bits per heavy atom. The first-order chi connectivity index (χ1) is 12.6. The van der Waals surface area contributed by atoms with Gasteiger partial charge in [-0.25, -0.2) is 0 Å². The minimum Gasteiger partial charge on any atom is -0.333 e. The molecule has 4 rings (SSSR count). The van der Waals surface area contributed by atoms with Crippen LogP contribution in [-0.2, 0) is 6.42 Å². The van der Waals surface area contributed by atoms with Crippen LogP contribution in [-0.4, -0.2) is 27.6 Å². The number of rotatable bonds is 3. The number of benzene rings is 2. The third kappa shape index (κ3) is 2.81. The molecule has 0 bridgehead atoms. The highest BCUT2D eigenvalue weighted by Gasteiger charge is 2.29. The zero-order chi connectivity index (χ0) is 18.1. The molecule has 26 heavy (non-hydrogen) atoms. The number of fused-ring (bicyclic) bond motifs is 1. The average Bonchev–Trinajstić information content (AvgIpc) is 3.12. The maximum atomic E-state index is 13.0. The molecule has 1 aliphatic carbocycles. The van der Waals surface area contributed by atoms with E-state index in [0.29, 0.717) is 5.69 Å². The van der Waals surface area contributed by atoms with Crippen LogP contribution in [0, 0.1) is 0 Å². The Balaban J connectivity index is 1.66. The van der Waals surface area contributed by atoms with Gasteiger partial charge in [0.1, 0.15) is 5.69 Å². The lowest BCUT2D eigenvalue weighted by molar-refractivity contribution is 0.0722. The van der Waals surface area contributed by atoms with Crippen LogP contribution in [0.1, 0.15) is 34.1 Å². The van der Waals surface area contributed by atoms with Gasteiger partial charge in [-0.3, -0.25) is 9.59 Å². The first-order valence-corrected chi connectivity index (χ1v) is 8.66. The second-order valence-corrected chi connectivity index (χ2v) is 6.47. The van der Waals surface area contributed by atoms with E-state index in [1.165, 1.54) is 27.9 Å². The van der Waals surface area contributed by atoms with E-state index >= 15 is 0 Å². The molecule has 5 heteroatoms. The lowest BCUT2D eigenvalue weighted by Gasteiger charge is -2.25. The Kier molecular flexibility index (Phi) is 4.13. The summed E-state index contributed by atoms with van der Waals surface area (Å²) in [6.07, 6.45) is 1.87. The first-order valence-electron chi connectivity index (χ1n) is 8.66. The van der Waals surface area contributed by atoms with Crippen LogP contribution < -0.4 is 5.56 Å². The van der Waals surface area contributed by atoms with Gasteiger partial charge in [0.15, 0.2) is 0 Å². The minimum atomic E-state index is -0.262. The zero-order valence-electron chi connectivity index (χ0n) is 14.5. The SMILES string of the molecule is CN(C(=O)c1ccc(=O)n(-c2ccccc2)n1)C1CCc2ccccc21. The van der Waals surface area contributed by atoms with Crippen LogP contribution in [0.5, 0.6) is 0 Å². The van der Waals surface area contributed by atoms with Gasteiger partial charge in [0.25, 0.3) is 11.5 Å². The smallest absolute Gasteiger partial charge is 0.274 e. The van der Waals surface area contributed by atoms with E-state index in [0.717, 1.165) is 12.8 Å². The summed E-state index contributed by atoms with van der Waals surface area (Å²) >= 11 is 0. The molecule has 1 heterocycles. The molecule has 1 atom stereocenters. The summed E-state index contributed by atoms with van der Waals surface area (Å²) < 4.78 is 1.27. The summed E-state index contributed by atoms with van der Waals surface area (Å²) in [7, 11) is 1.80. The number of carbonyl (C=O) groups is 1. The number of nitrogens with zero attached hydrogens (tertiary/aromatic N) is 3. The molecule has 5 nitrogen and oxygen atoms in total. The van der Waals surface area contributed by atoms with Gasteiger partial charge in [0.2, 0.25) is 0 Å². The van der Waals surface area contributed by atoms with E-state index in [1.807, 2.05) is 30.3 Å². The van der Waals surface area contributed by atoms with Crippen molar-refractivity contribution in [3.8, 4) is 5.69 Å². The number of aromatic nitrogens is 2. The van der Waals surface area contributed by atoms with Crippen molar-refractivity contribution in [2.75, 3.05) is 7.05 Å². The van der Waals surface area contributed by atoms with Gasteiger partial charge in [-0.1, -0.05) is 42.5 Å². The normalized spacial score (nSPS) is 15.5. The highest BCUT2D eigenvalue weighted by molar-refractivity contribution is 5.92. The van der Waals surface area contributed by atoms with Gasteiger partial charge in [-0.05, 0) is 42.2 Å². The molecule has 0 saturated carbocycles. The molecule has 0 fully saturated rings. The van der Waals surface area contributed by atoms with Crippen molar-refractivity contribution >= 4 is 5.91 Å². The van der Waals surface area contributed by atoms with Crippen molar-refractivity contribution in [2.45, 2.75) is 18.9 Å². The summed E-state index contributed by atoms with van der Waals surface area (Å²) in [5.74, 6) is -0.184. The molecule has 1 aromatic heterocycles. The van der Waals surface area contributed by atoms with Crippen LogP contribution in [0.3, 0.4) is 0 Å². The van der Waals surface area contributed by atoms with E-state index < -0.39 is 0 Å². The molecule has 0 radical (unpaired) electrons. The molecule has 0 aliphatic heterocycles. The third-order valence-electron chi connectivity index (χ3n) is 4.91. The molecule has 130 valence electrons. The highest BCUT2D eigenvalue weighted by atomic mass is 16.2. The second-order valence-electron chi connectivity index (χ2n) is 6.47. The van der Waals surface area contributed by atoms with Gasteiger partial charge in [0.05, 0.1) is 11.7 Å². The second kappa shape index (κ2) is 6.59. The molecule has 0 spiro atoms. The Hall–Kier alpha value is -3.21. The van der Waals surface area contributed by atoms with Crippen LogP contribution in [0.25, 0.3) is 5.69 Å². The number of hydrogen-bond donors (Lipinski definition) is 0. The summed E-state index contributed by atoms with van der Waals surface area (Å²) in [5, 5.41) is 4.30. The van der Waals surface area contributed by atoms with Crippen molar-refractivity contribution in [3.63, 3.8) is 0 Å². The largest absolute Gasteiger partial charge is 0.333 e. The Morgan fingerprint density at radius 2 is 1.77 bits per heavy atom. The monoisotopic (exact) mass is 345 g/mol. The first kappa shape index (κ1) is 16.3. The molecule has 0 saturated heterocycles. The lowest BCUT2D eigenvalue weighted by atomic mass is 10.1. The Morgan fingerprint density at radius 1 is 1.04 bits per heavy atom. The van der Waals surface area contributed by atoms with Crippen LogP contribution >= 0.6 is 0 Å². The fraction of sp³-hybridized carbons (Fsp3) is 0.190. The fourth-order valence-corrected chi connectivity index (χ4v) is 3.54. The van der Waals surface area contributed by atoms with Gasteiger partial charge in [-0.2, -0.15) is 9.78 Å². The molecule has 2 aromatic carbocycles. The Bertz CT molecular complexity index is 1010. The van der Waals surface area contributed by atoms with Crippen LogP contribution in [0.15, 0.2) is 71.5 Å². The maximum Gasteiger partial charge on any atom is 0.274 e. The average molecular weight is 345 g/mol. The van der Waals surface area contributed by atoms with Crippen molar-refractivity contribution < 1.29 is 4.79 Å². The molecule has 1 unspecified atom stereocenters. The van der Waals surface area contributed by atoms with E-state index in [-0.39, 0.29) is 23.2 Å². The topological polar surface area (TPSA) is 55.2 Å². The number of carbonyl (C=O) groups excluding carboxylic acids is 1. The van der Waals surface area contributed by atoms with Crippen LogP contribution in [0.4, 0.5) is 0 Å². The van der Waals surface area contributed by atoms with E-state index in [4.69, 9.17) is 0 Å². The van der Waals surface area contributed by atoms with Gasteiger partial charge >= 0.3 is 0 Å². The lowest BCUT2D eigenvalue weighted by Crippen LogP contribution is -2.33. The minimum absolute atomic E-state index is 0.0394. The third-order valence-corrected chi connectivity index (χ3v) is 4.91. The summed E-state index contributed by atoms with van der Waals surface area (Å²) in [6.45, 7) is 0. The molecular formula is C21H19N3O2. The van der Waals surface area contributed by atoms with E-state index in [9.17, 15) is 9.59 Å². The van der Waals surface area contributed by atoms with Gasteiger partial charge in [0, 0.05) is 13.1 Å². The fourth-order valence-electron chi connectivity index (χ4n) is 3.54. The van der Waals surface area contributed by atoms with Crippen LogP contribution in [0.2, 0.25) is 0 Å². The summed E-state index contributed by atoms with van der Waals surface area (Å²) in [5.41, 5.74) is 3.13. The number of aryl methyl sites for hydroxylation is 1. The predicted octanol–water partition coefficient (Wildman–Crippen LogP) is 2.99. The zero-order valence-corrected chi connectivity index (χ0v) is 14.5. The predicted molar refractivity (Wildman–Crippen MR) is 99.4 cm³/mol. The van der Waals surface area contributed by atoms with E-state index in [1.54, 1.807) is 24.1 Å². The molecule has 3 aromatic rings. The van der Waals surface area contributed by atoms with Crippen molar-refractivity contribution in [2.24, 2.45) is 0 Å². The summed E-state index contributed by atoms with van der Waals surface area (Å²) in [6, 6.07) is 20.3.